The summed E-state index contributed by atoms with van der Waals surface area (Å²) in [6.07, 6.45) is 7.03. The Hall–Kier alpha value is -1.82. The van der Waals surface area contributed by atoms with Gasteiger partial charge in [-0.25, -0.2) is 0 Å². The van der Waals surface area contributed by atoms with Gasteiger partial charge in [0.15, 0.2) is 0 Å². The normalized spacial score (nSPS) is 9.92. The molecule has 0 saturated carbocycles. The quantitative estimate of drug-likeness (QED) is 0.680. The van der Waals surface area contributed by atoms with Gasteiger partial charge in [0.1, 0.15) is 6.07 Å². The van der Waals surface area contributed by atoms with Gasteiger partial charge in [-0.05, 0) is 23.9 Å². The Morgan fingerprint density at radius 3 is 2.92 bits per heavy atom. The van der Waals surface area contributed by atoms with E-state index in [4.69, 9.17) is 5.26 Å². The fourth-order valence-corrected chi connectivity index (χ4v) is 0.873. The monoisotopic (exact) mass is 173 g/mol. The number of hydrogen-bond acceptors (Lipinski definition) is 3. The Morgan fingerprint density at radius 2 is 2.31 bits per heavy atom. The lowest BCUT2D eigenvalue weighted by molar-refractivity contribution is 0.567. The molecule has 0 unspecified atom stereocenters. The van der Waals surface area contributed by atoms with E-state index in [0.717, 1.165) is 5.56 Å². The van der Waals surface area contributed by atoms with E-state index in [-0.39, 0.29) is 0 Å². The molecule has 66 valence electrons. The summed E-state index contributed by atoms with van der Waals surface area (Å²) in [5.74, 6) is 0. The Kier molecular flexibility index (Phi) is 3.04. The van der Waals surface area contributed by atoms with Gasteiger partial charge in [-0.2, -0.15) is 5.26 Å². The van der Waals surface area contributed by atoms with Crippen LogP contribution in [0.15, 0.2) is 24.7 Å². The van der Waals surface area contributed by atoms with Gasteiger partial charge in [0.25, 0.3) is 0 Å². The first kappa shape index (κ1) is 9.27. The minimum absolute atomic E-state index is 0.598. The van der Waals surface area contributed by atoms with Crippen LogP contribution >= 0.6 is 0 Å². The van der Waals surface area contributed by atoms with Crippen molar-refractivity contribution in [1.82, 2.24) is 9.88 Å². The zero-order valence-electron chi connectivity index (χ0n) is 7.73. The highest BCUT2D eigenvalue weighted by Crippen LogP contribution is 2.07. The van der Waals surface area contributed by atoms with Gasteiger partial charge in [-0.3, -0.25) is 4.98 Å². The second kappa shape index (κ2) is 4.27. The van der Waals surface area contributed by atoms with E-state index in [9.17, 15) is 0 Å². The van der Waals surface area contributed by atoms with E-state index in [1.165, 1.54) is 0 Å². The van der Waals surface area contributed by atoms with Crippen molar-refractivity contribution in [2.75, 3.05) is 14.1 Å². The van der Waals surface area contributed by atoms with Gasteiger partial charge in [0.2, 0.25) is 0 Å². The van der Waals surface area contributed by atoms with E-state index in [1.54, 1.807) is 12.4 Å². The highest BCUT2D eigenvalue weighted by molar-refractivity contribution is 5.56. The Labute approximate surface area is 77.9 Å². The van der Waals surface area contributed by atoms with Crippen LogP contribution in [0.2, 0.25) is 0 Å². The molecule has 0 atom stereocenters. The fourth-order valence-electron chi connectivity index (χ4n) is 0.873. The standard InChI is InChI=1S/C10H11N3/c1-13(2)6-4-9-3-5-12-8-10(9)7-11/h3-6,8H,1-2H3. The van der Waals surface area contributed by atoms with E-state index in [0.29, 0.717) is 5.56 Å². The lowest BCUT2D eigenvalue weighted by atomic mass is 10.1. The largest absolute Gasteiger partial charge is 0.383 e. The van der Waals surface area contributed by atoms with Crippen molar-refractivity contribution in [3.63, 3.8) is 0 Å². The topological polar surface area (TPSA) is 39.9 Å². The molecule has 1 heterocycles. The molecule has 0 amide bonds. The van der Waals surface area contributed by atoms with Gasteiger partial charge < -0.3 is 4.90 Å². The summed E-state index contributed by atoms with van der Waals surface area (Å²) >= 11 is 0. The molecule has 1 aromatic rings. The highest BCUT2D eigenvalue weighted by Gasteiger charge is 1.95. The van der Waals surface area contributed by atoms with Crippen molar-refractivity contribution in [2.24, 2.45) is 0 Å². The molecule has 13 heavy (non-hydrogen) atoms. The molecular formula is C10H11N3. The van der Waals surface area contributed by atoms with Crippen LogP contribution in [0.3, 0.4) is 0 Å². The molecule has 1 aromatic heterocycles. The maximum Gasteiger partial charge on any atom is 0.101 e. The molecule has 1 rings (SSSR count). The number of nitriles is 1. The minimum atomic E-state index is 0.598. The number of hydrogen-bond donors (Lipinski definition) is 0. The third kappa shape index (κ3) is 2.60. The van der Waals surface area contributed by atoms with Gasteiger partial charge >= 0.3 is 0 Å². The predicted octanol–water partition coefficient (Wildman–Crippen LogP) is 1.49. The lowest BCUT2D eigenvalue weighted by Gasteiger charge is -2.03. The second-order valence-corrected chi connectivity index (χ2v) is 2.85. The molecule has 0 aliphatic rings. The number of rotatable bonds is 2. The van der Waals surface area contributed by atoms with E-state index in [2.05, 4.69) is 11.1 Å². The average Bonchev–Trinajstić information content (AvgIpc) is 2.15. The van der Waals surface area contributed by atoms with Gasteiger partial charge in [-0.1, -0.05) is 0 Å². The predicted molar refractivity (Wildman–Crippen MR) is 51.7 cm³/mol. The molecule has 0 spiro atoms. The third-order valence-corrected chi connectivity index (χ3v) is 1.53. The van der Waals surface area contributed by atoms with Crippen LogP contribution in [0.4, 0.5) is 0 Å². The van der Waals surface area contributed by atoms with Gasteiger partial charge in [-0.15, -0.1) is 0 Å². The lowest BCUT2D eigenvalue weighted by Crippen LogP contribution is -1.99. The van der Waals surface area contributed by atoms with Crippen molar-refractivity contribution in [3.8, 4) is 6.07 Å². The smallest absolute Gasteiger partial charge is 0.101 e. The molecule has 0 N–H and O–H groups in total. The van der Waals surface area contributed by atoms with Crippen LogP contribution in [0.1, 0.15) is 11.1 Å². The van der Waals surface area contributed by atoms with Crippen molar-refractivity contribution in [1.29, 1.82) is 5.26 Å². The number of aromatic nitrogens is 1. The Balaban J connectivity index is 2.95. The summed E-state index contributed by atoms with van der Waals surface area (Å²) in [6.45, 7) is 0. The summed E-state index contributed by atoms with van der Waals surface area (Å²) < 4.78 is 0. The minimum Gasteiger partial charge on any atom is -0.383 e. The average molecular weight is 173 g/mol. The Morgan fingerprint density at radius 1 is 1.54 bits per heavy atom. The highest BCUT2D eigenvalue weighted by atomic mass is 15.0. The summed E-state index contributed by atoms with van der Waals surface area (Å²) in [5, 5.41) is 8.75. The molecule has 0 radical (unpaired) electrons. The van der Waals surface area contributed by atoms with E-state index >= 15 is 0 Å². The van der Waals surface area contributed by atoms with Crippen molar-refractivity contribution in [2.45, 2.75) is 0 Å². The molecule has 0 aliphatic carbocycles. The summed E-state index contributed by atoms with van der Waals surface area (Å²) in [4.78, 5) is 5.79. The van der Waals surface area contributed by atoms with Gasteiger partial charge in [0, 0.05) is 26.5 Å². The molecule has 0 bridgehead atoms. The molecule has 0 fully saturated rings. The Bertz CT molecular complexity index is 347. The molecule has 3 nitrogen and oxygen atoms in total. The number of pyridine rings is 1. The van der Waals surface area contributed by atoms with Gasteiger partial charge in [0.05, 0.1) is 5.56 Å². The van der Waals surface area contributed by atoms with E-state index < -0.39 is 0 Å². The summed E-state index contributed by atoms with van der Waals surface area (Å²) in [5.41, 5.74) is 1.49. The first-order chi connectivity index (χ1) is 6.24. The fraction of sp³-hybridized carbons (Fsp3) is 0.200. The van der Waals surface area contributed by atoms with E-state index in [1.807, 2.05) is 37.3 Å². The second-order valence-electron chi connectivity index (χ2n) is 2.85. The molecule has 3 heteroatoms. The first-order valence-electron chi connectivity index (χ1n) is 3.93. The SMILES string of the molecule is CN(C)C=Cc1ccncc1C#N. The first-order valence-corrected chi connectivity index (χ1v) is 3.93. The maximum atomic E-state index is 8.75. The molecule has 0 aliphatic heterocycles. The summed E-state index contributed by atoms with van der Waals surface area (Å²) in [6, 6.07) is 3.91. The van der Waals surface area contributed by atoms with Crippen LogP contribution in [-0.4, -0.2) is 24.0 Å². The molecule has 0 saturated heterocycles. The zero-order chi connectivity index (χ0) is 9.68. The zero-order valence-corrected chi connectivity index (χ0v) is 7.73. The van der Waals surface area contributed by atoms with Crippen LogP contribution in [-0.2, 0) is 0 Å². The van der Waals surface area contributed by atoms with Crippen molar-refractivity contribution < 1.29 is 0 Å². The third-order valence-electron chi connectivity index (χ3n) is 1.53. The maximum absolute atomic E-state index is 8.75. The number of nitrogens with zero attached hydrogens (tertiary/aromatic N) is 3. The molecule has 0 aromatic carbocycles. The summed E-state index contributed by atoms with van der Waals surface area (Å²) in [7, 11) is 3.87. The van der Waals surface area contributed by atoms with Crippen LogP contribution in [0, 0.1) is 11.3 Å². The van der Waals surface area contributed by atoms with Crippen molar-refractivity contribution >= 4 is 6.08 Å². The van der Waals surface area contributed by atoms with Crippen molar-refractivity contribution in [3.05, 3.63) is 35.8 Å². The van der Waals surface area contributed by atoms with Crippen LogP contribution < -0.4 is 0 Å². The van der Waals surface area contributed by atoms with Crippen LogP contribution in [0.5, 0.6) is 0 Å². The molecular weight excluding hydrogens is 162 g/mol. The van der Waals surface area contributed by atoms with Crippen LogP contribution in [0.25, 0.3) is 6.08 Å².